The Balaban J connectivity index is 1.33. The molecule has 0 radical (unpaired) electrons. The van der Waals surface area contributed by atoms with Crippen LogP contribution in [0.25, 0.3) is 0 Å². The van der Waals surface area contributed by atoms with E-state index in [9.17, 15) is 0 Å². The van der Waals surface area contributed by atoms with E-state index in [2.05, 4.69) is 68.5 Å². The minimum Gasteiger partial charge on any atom is -0.494 e. The molecule has 7 heteroatoms. The van der Waals surface area contributed by atoms with Gasteiger partial charge in [0.25, 0.3) is 0 Å². The molecule has 2 heterocycles. The van der Waals surface area contributed by atoms with Crippen LogP contribution < -0.4 is 20.1 Å². The molecule has 7 nitrogen and oxygen atoms in total. The van der Waals surface area contributed by atoms with Crippen LogP contribution in [0.5, 0.6) is 11.5 Å². The van der Waals surface area contributed by atoms with Gasteiger partial charge >= 0.3 is 0 Å². The summed E-state index contributed by atoms with van der Waals surface area (Å²) in [5.41, 5.74) is 4.71. The molecule has 3 aromatic rings. The highest BCUT2D eigenvalue weighted by atomic mass is 16.5. The van der Waals surface area contributed by atoms with Crippen LogP contribution in [0.15, 0.2) is 60.1 Å². The predicted octanol–water partition coefficient (Wildman–Crippen LogP) is 3.52. The summed E-state index contributed by atoms with van der Waals surface area (Å²) in [6.07, 6.45) is 6.73. The van der Waals surface area contributed by atoms with Crippen LogP contribution in [0, 0.1) is 0 Å². The van der Waals surface area contributed by atoms with Crippen LogP contribution in [0.3, 0.4) is 0 Å². The third-order valence-corrected chi connectivity index (χ3v) is 5.46. The Morgan fingerprint density at radius 1 is 1.19 bits per heavy atom. The highest BCUT2D eigenvalue weighted by molar-refractivity contribution is 5.79. The van der Waals surface area contributed by atoms with Gasteiger partial charge in [0.05, 0.1) is 12.9 Å². The third-order valence-electron chi connectivity index (χ3n) is 5.46. The van der Waals surface area contributed by atoms with Gasteiger partial charge in [0, 0.05) is 56.6 Å². The van der Waals surface area contributed by atoms with Gasteiger partial charge in [-0.2, -0.15) is 0 Å². The van der Waals surface area contributed by atoms with Gasteiger partial charge in [-0.25, -0.2) is 4.98 Å². The summed E-state index contributed by atoms with van der Waals surface area (Å²) >= 11 is 0. The normalized spacial score (nSPS) is 15.2. The number of nitrogens with one attached hydrogen (secondary N) is 2. The maximum absolute atomic E-state index is 5.93. The first kappa shape index (κ1) is 21.7. The van der Waals surface area contributed by atoms with E-state index in [-0.39, 0.29) is 6.10 Å². The van der Waals surface area contributed by atoms with Crippen LogP contribution in [-0.4, -0.2) is 35.3 Å². The number of guanidine groups is 1. The van der Waals surface area contributed by atoms with Gasteiger partial charge in [-0.05, 0) is 37.1 Å². The number of hydrogen-bond acceptors (Lipinski definition) is 4. The van der Waals surface area contributed by atoms with Gasteiger partial charge in [0.2, 0.25) is 0 Å². The molecule has 1 aromatic heterocycles. The molecule has 0 saturated carbocycles. The average Bonchev–Trinajstić information content (AvgIpc) is 3.43. The Hall–Kier alpha value is -3.48. The lowest BCUT2D eigenvalue weighted by atomic mass is 10.1. The quantitative estimate of drug-likeness (QED) is 0.420. The van der Waals surface area contributed by atoms with E-state index in [4.69, 9.17) is 9.47 Å². The second kappa shape index (κ2) is 10.2. The first-order valence-corrected chi connectivity index (χ1v) is 11.1. The van der Waals surface area contributed by atoms with Crippen molar-refractivity contribution in [2.75, 3.05) is 13.7 Å². The lowest BCUT2D eigenvalue weighted by molar-refractivity contribution is 0.254. The number of benzene rings is 2. The SMILES string of the molecule is CCOc1cc2c(cc1CNC(=NC)NCc1ccc(Cn3ccnc3)cc1)OC(C)C2. The number of ether oxygens (including phenoxy) is 2. The fraction of sp³-hybridized carbons (Fsp3) is 0.360. The van der Waals surface area contributed by atoms with E-state index >= 15 is 0 Å². The molecule has 2 aromatic carbocycles. The van der Waals surface area contributed by atoms with Crippen molar-refractivity contribution in [3.8, 4) is 11.5 Å². The number of nitrogens with zero attached hydrogens (tertiary/aromatic N) is 3. The Kier molecular flexibility index (Phi) is 6.94. The third kappa shape index (κ3) is 5.41. The topological polar surface area (TPSA) is 72.7 Å². The fourth-order valence-corrected chi connectivity index (χ4v) is 3.85. The summed E-state index contributed by atoms with van der Waals surface area (Å²) in [4.78, 5) is 8.45. The zero-order valence-electron chi connectivity index (χ0n) is 19.0. The van der Waals surface area contributed by atoms with E-state index in [1.807, 2.05) is 19.4 Å². The van der Waals surface area contributed by atoms with Crippen molar-refractivity contribution in [3.63, 3.8) is 0 Å². The lowest BCUT2D eigenvalue weighted by Crippen LogP contribution is -2.36. The zero-order valence-corrected chi connectivity index (χ0v) is 19.0. The molecule has 0 aliphatic carbocycles. The van der Waals surface area contributed by atoms with Crippen molar-refractivity contribution in [1.82, 2.24) is 20.2 Å². The molecule has 168 valence electrons. The maximum atomic E-state index is 5.93. The maximum Gasteiger partial charge on any atom is 0.191 e. The van der Waals surface area contributed by atoms with Crippen LogP contribution >= 0.6 is 0 Å². The highest BCUT2D eigenvalue weighted by Crippen LogP contribution is 2.35. The molecule has 0 fully saturated rings. The van der Waals surface area contributed by atoms with Crippen LogP contribution in [-0.2, 0) is 26.1 Å². The summed E-state index contributed by atoms with van der Waals surface area (Å²) in [5, 5.41) is 6.77. The predicted molar refractivity (Wildman–Crippen MR) is 126 cm³/mol. The summed E-state index contributed by atoms with van der Waals surface area (Å²) in [5.74, 6) is 2.60. The van der Waals surface area contributed by atoms with Gasteiger partial charge in [0.15, 0.2) is 5.96 Å². The van der Waals surface area contributed by atoms with Crippen molar-refractivity contribution in [2.45, 2.75) is 46.0 Å². The second-order valence-electron chi connectivity index (χ2n) is 7.96. The fourth-order valence-electron chi connectivity index (χ4n) is 3.85. The minimum absolute atomic E-state index is 0.212. The molecule has 1 aliphatic heterocycles. The molecule has 4 rings (SSSR count). The monoisotopic (exact) mass is 433 g/mol. The van der Waals surface area contributed by atoms with E-state index < -0.39 is 0 Å². The van der Waals surface area contributed by atoms with Crippen LogP contribution in [0.4, 0.5) is 0 Å². The summed E-state index contributed by atoms with van der Waals surface area (Å²) in [6.45, 7) is 6.84. The Bertz CT molecular complexity index is 1040. The van der Waals surface area contributed by atoms with E-state index in [1.54, 1.807) is 13.2 Å². The van der Waals surface area contributed by atoms with Crippen LogP contribution in [0.2, 0.25) is 0 Å². The number of aliphatic imine (C=N–C) groups is 1. The zero-order chi connectivity index (χ0) is 22.3. The summed E-state index contributed by atoms with van der Waals surface area (Å²) in [7, 11) is 1.78. The number of rotatable bonds is 8. The first-order valence-electron chi connectivity index (χ1n) is 11.1. The minimum atomic E-state index is 0.212. The van der Waals surface area contributed by atoms with E-state index in [0.717, 1.165) is 36.0 Å². The molecule has 2 N–H and O–H groups in total. The lowest BCUT2D eigenvalue weighted by Gasteiger charge is -2.16. The van der Waals surface area contributed by atoms with Gasteiger partial charge in [-0.1, -0.05) is 24.3 Å². The molecule has 0 bridgehead atoms. The molecule has 1 atom stereocenters. The van der Waals surface area contributed by atoms with E-state index in [0.29, 0.717) is 19.7 Å². The molecule has 1 unspecified atom stereocenters. The average molecular weight is 434 g/mol. The number of aromatic nitrogens is 2. The summed E-state index contributed by atoms with van der Waals surface area (Å²) < 4.78 is 13.9. The number of hydrogen-bond donors (Lipinski definition) is 2. The molecule has 32 heavy (non-hydrogen) atoms. The Labute approximate surface area is 189 Å². The number of imidazole rings is 1. The van der Waals surface area contributed by atoms with Crippen molar-refractivity contribution in [3.05, 3.63) is 77.4 Å². The molecule has 0 spiro atoms. The molecule has 1 aliphatic rings. The molecule has 0 saturated heterocycles. The largest absolute Gasteiger partial charge is 0.494 e. The molecular weight excluding hydrogens is 402 g/mol. The Morgan fingerprint density at radius 2 is 1.97 bits per heavy atom. The van der Waals surface area contributed by atoms with Crippen molar-refractivity contribution in [1.29, 1.82) is 0 Å². The van der Waals surface area contributed by atoms with Gasteiger partial charge in [0.1, 0.15) is 17.6 Å². The van der Waals surface area contributed by atoms with Crippen molar-refractivity contribution < 1.29 is 9.47 Å². The second-order valence-corrected chi connectivity index (χ2v) is 7.96. The van der Waals surface area contributed by atoms with E-state index in [1.165, 1.54) is 16.7 Å². The van der Waals surface area contributed by atoms with Gasteiger partial charge in [-0.15, -0.1) is 0 Å². The van der Waals surface area contributed by atoms with Crippen LogP contribution in [0.1, 0.15) is 36.1 Å². The van der Waals surface area contributed by atoms with Gasteiger partial charge in [-0.3, -0.25) is 4.99 Å². The molecular formula is C25H31N5O2. The number of fused-ring (bicyclic) bond motifs is 1. The highest BCUT2D eigenvalue weighted by Gasteiger charge is 2.21. The Morgan fingerprint density at radius 3 is 2.69 bits per heavy atom. The first-order chi connectivity index (χ1) is 15.6. The van der Waals surface area contributed by atoms with Gasteiger partial charge < -0.3 is 24.7 Å². The van der Waals surface area contributed by atoms with Crippen molar-refractivity contribution in [2.24, 2.45) is 4.99 Å². The van der Waals surface area contributed by atoms with Crippen molar-refractivity contribution >= 4 is 5.96 Å². The summed E-state index contributed by atoms with van der Waals surface area (Å²) in [6, 6.07) is 12.8. The smallest absolute Gasteiger partial charge is 0.191 e. The molecule has 0 amide bonds. The standard InChI is InChI=1S/C25H31N5O2/c1-4-31-23-12-21-11-18(2)32-24(21)13-22(23)15-29-25(26-3)28-14-19-5-7-20(8-6-19)16-30-10-9-27-17-30/h5-10,12-13,17-18H,4,11,14-16H2,1-3H3,(H2,26,28,29).